The molecule has 0 radical (unpaired) electrons. The zero-order valence-corrected chi connectivity index (χ0v) is 15.6. The first kappa shape index (κ1) is 16.5. The maximum atomic E-state index is 5.45. The molecular weight excluding hydrogens is 336 g/mol. The molecule has 2 aromatic carbocycles. The van der Waals surface area contributed by atoms with E-state index in [4.69, 9.17) is 4.74 Å². The molecule has 5 rings (SSSR count). The summed E-state index contributed by atoms with van der Waals surface area (Å²) in [6, 6.07) is 17.6. The summed E-state index contributed by atoms with van der Waals surface area (Å²) in [7, 11) is 0. The molecule has 2 aliphatic rings. The first-order valence-corrected chi connectivity index (χ1v) is 9.87. The number of H-pyrrole nitrogens is 1. The highest BCUT2D eigenvalue weighted by Crippen LogP contribution is 2.29. The SMILES string of the molecule is c1ccc2c(N3CCN(c4ccc(N5CCOCC5)cc4)CC3)c[nH]c2c1. The first-order chi connectivity index (χ1) is 13.4. The quantitative estimate of drug-likeness (QED) is 0.775. The lowest BCUT2D eigenvalue weighted by Crippen LogP contribution is -2.46. The molecule has 2 saturated heterocycles. The van der Waals surface area contributed by atoms with Crippen molar-refractivity contribution in [3.8, 4) is 0 Å². The topological polar surface area (TPSA) is 34.7 Å². The van der Waals surface area contributed by atoms with E-state index < -0.39 is 0 Å². The van der Waals surface area contributed by atoms with E-state index in [-0.39, 0.29) is 0 Å². The Balaban J connectivity index is 1.25. The molecule has 2 aliphatic heterocycles. The summed E-state index contributed by atoms with van der Waals surface area (Å²) < 4.78 is 5.45. The lowest BCUT2D eigenvalue weighted by Gasteiger charge is -2.37. The van der Waals surface area contributed by atoms with E-state index in [0.29, 0.717) is 0 Å². The van der Waals surface area contributed by atoms with Crippen LogP contribution in [-0.2, 0) is 4.74 Å². The molecule has 0 spiro atoms. The van der Waals surface area contributed by atoms with Crippen molar-refractivity contribution in [1.29, 1.82) is 0 Å². The van der Waals surface area contributed by atoms with Crippen LogP contribution < -0.4 is 14.7 Å². The average Bonchev–Trinajstić information content (AvgIpc) is 3.19. The predicted molar refractivity (Wildman–Crippen MR) is 112 cm³/mol. The van der Waals surface area contributed by atoms with Crippen molar-refractivity contribution in [3.05, 3.63) is 54.7 Å². The molecule has 0 bridgehead atoms. The summed E-state index contributed by atoms with van der Waals surface area (Å²) in [6.45, 7) is 7.84. The molecule has 0 saturated carbocycles. The lowest BCUT2D eigenvalue weighted by atomic mass is 10.2. The monoisotopic (exact) mass is 362 g/mol. The largest absolute Gasteiger partial charge is 0.378 e. The van der Waals surface area contributed by atoms with Gasteiger partial charge in [0.05, 0.1) is 18.9 Å². The third kappa shape index (κ3) is 3.23. The molecule has 0 aliphatic carbocycles. The third-order valence-electron chi connectivity index (χ3n) is 5.78. The smallest absolute Gasteiger partial charge is 0.0642 e. The fraction of sp³-hybridized carbons (Fsp3) is 0.364. The minimum atomic E-state index is 0.831. The van der Waals surface area contributed by atoms with Gasteiger partial charge in [0.2, 0.25) is 0 Å². The van der Waals surface area contributed by atoms with Gasteiger partial charge in [-0.1, -0.05) is 18.2 Å². The molecule has 0 atom stereocenters. The Morgan fingerprint density at radius 1 is 0.667 bits per heavy atom. The maximum absolute atomic E-state index is 5.45. The van der Waals surface area contributed by atoms with Crippen LogP contribution in [0.4, 0.5) is 17.1 Å². The summed E-state index contributed by atoms with van der Waals surface area (Å²) in [5.41, 5.74) is 5.17. The van der Waals surface area contributed by atoms with Crippen molar-refractivity contribution < 1.29 is 4.74 Å². The number of hydrogen-bond acceptors (Lipinski definition) is 4. The summed E-state index contributed by atoms with van der Waals surface area (Å²) in [6.07, 6.45) is 2.15. The van der Waals surface area contributed by atoms with Gasteiger partial charge in [0.15, 0.2) is 0 Å². The van der Waals surface area contributed by atoms with Crippen molar-refractivity contribution in [1.82, 2.24) is 4.98 Å². The molecule has 3 aromatic rings. The maximum Gasteiger partial charge on any atom is 0.0642 e. The number of piperazine rings is 1. The standard InChI is InChI=1S/C22H26N4O/c1-2-4-21-20(3-1)22(17-23-21)26-11-9-24(10-12-26)18-5-7-19(8-6-18)25-13-15-27-16-14-25/h1-8,17,23H,9-16H2. The zero-order chi connectivity index (χ0) is 18.1. The van der Waals surface area contributed by atoms with E-state index in [0.717, 1.165) is 52.5 Å². The van der Waals surface area contributed by atoms with Crippen LogP contribution in [-0.4, -0.2) is 57.5 Å². The molecular formula is C22H26N4O. The Morgan fingerprint density at radius 3 is 1.96 bits per heavy atom. The van der Waals surface area contributed by atoms with Crippen LogP contribution in [0, 0.1) is 0 Å². The number of benzene rings is 2. The number of morpholine rings is 1. The van der Waals surface area contributed by atoms with Crippen molar-refractivity contribution in [3.63, 3.8) is 0 Å². The normalized spacial score (nSPS) is 18.3. The molecule has 1 aromatic heterocycles. The van der Waals surface area contributed by atoms with E-state index in [2.05, 4.69) is 74.4 Å². The Bertz CT molecular complexity index is 890. The number of ether oxygens (including phenoxy) is 1. The highest BCUT2D eigenvalue weighted by molar-refractivity contribution is 5.92. The Labute approximate surface area is 160 Å². The van der Waals surface area contributed by atoms with Gasteiger partial charge in [-0.05, 0) is 30.3 Å². The number of nitrogens with one attached hydrogen (secondary N) is 1. The molecule has 27 heavy (non-hydrogen) atoms. The molecule has 2 fully saturated rings. The van der Waals surface area contributed by atoms with Crippen LogP contribution in [0.3, 0.4) is 0 Å². The summed E-state index contributed by atoms with van der Waals surface area (Å²) in [5.74, 6) is 0. The van der Waals surface area contributed by atoms with E-state index in [9.17, 15) is 0 Å². The van der Waals surface area contributed by atoms with Crippen LogP contribution in [0.2, 0.25) is 0 Å². The number of anilines is 3. The third-order valence-corrected chi connectivity index (χ3v) is 5.78. The molecule has 5 nitrogen and oxygen atoms in total. The van der Waals surface area contributed by atoms with Gasteiger partial charge >= 0.3 is 0 Å². The molecule has 0 unspecified atom stereocenters. The predicted octanol–water partition coefficient (Wildman–Crippen LogP) is 3.33. The minimum Gasteiger partial charge on any atom is -0.378 e. The number of hydrogen-bond donors (Lipinski definition) is 1. The average molecular weight is 362 g/mol. The first-order valence-electron chi connectivity index (χ1n) is 9.87. The second kappa shape index (κ2) is 7.16. The Morgan fingerprint density at radius 2 is 1.26 bits per heavy atom. The van der Waals surface area contributed by atoms with Gasteiger partial charge in [-0.25, -0.2) is 0 Å². The van der Waals surface area contributed by atoms with E-state index in [1.165, 1.54) is 28.0 Å². The minimum absolute atomic E-state index is 0.831. The number of aromatic nitrogens is 1. The molecule has 5 heteroatoms. The van der Waals surface area contributed by atoms with Gasteiger partial charge in [-0.15, -0.1) is 0 Å². The van der Waals surface area contributed by atoms with Crippen LogP contribution in [0.5, 0.6) is 0 Å². The molecule has 140 valence electrons. The number of rotatable bonds is 3. The van der Waals surface area contributed by atoms with Gasteiger partial charge in [-0.3, -0.25) is 0 Å². The van der Waals surface area contributed by atoms with Crippen LogP contribution in [0.25, 0.3) is 10.9 Å². The number of fused-ring (bicyclic) bond motifs is 1. The fourth-order valence-corrected chi connectivity index (χ4v) is 4.22. The van der Waals surface area contributed by atoms with Crippen LogP contribution >= 0.6 is 0 Å². The van der Waals surface area contributed by atoms with Gasteiger partial charge < -0.3 is 24.4 Å². The highest BCUT2D eigenvalue weighted by atomic mass is 16.5. The van der Waals surface area contributed by atoms with Gasteiger partial charge in [0, 0.05) is 67.7 Å². The zero-order valence-electron chi connectivity index (χ0n) is 15.6. The summed E-state index contributed by atoms with van der Waals surface area (Å²) in [4.78, 5) is 10.8. The van der Waals surface area contributed by atoms with Gasteiger partial charge in [-0.2, -0.15) is 0 Å². The van der Waals surface area contributed by atoms with Crippen molar-refractivity contribution >= 4 is 28.0 Å². The van der Waals surface area contributed by atoms with Crippen LogP contribution in [0.15, 0.2) is 54.7 Å². The highest BCUT2D eigenvalue weighted by Gasteiger charge is 2.20. The van der Waals surface area contributed by atoms with E-state index >= 15 is 0 Å². The Hall–Kier alpha value is -2.66. The van der Waals surface area contributed by atoms with Crippen LogP contribution in [0.1, 0.15) is 0 Å². The number of para-hydroxylation sites is 1. The van der Waals surface area contributed by atoms with Crippen molar-refractivity contribution in [2.75, 3.05) is 67.2 Å². The Kier molecular flexibility index (Phi) is 4.38. The summed E-state index contributed by atoms with van der Waals surface area (Å²) in [5, 5.41) is 1.32. The molecule has 1 N–H and O–H groups in total. The van der Waals surface area contributed by atoms with E-state index in [1.807, 2.05) is 0 Å². The molecule has 3 heterocycles. The lowest BCUT2D eigenvalue weighted by molar-refractivity contribution is 0.122. The number of aromatic amines is 1. The fourth-order valence-electron chi connectivity index (χ4n) is 4.22. The second-order valence-corrected chi connectivity index (χ2v) is 7.31. The second-order valence-electron chi connectivity index (χ2n) is 7.31. The van der Waals surface area contributed by atoms with Crippen molar-refractivity contribution in [2.45, 2.75) is 0 Å². The van der Waals surface area contributed by atoms with Gasteiger partial charge in [0.1, 0.15) is 0 Å². The van der Waals surface area contributed by atoms with Crippen molar-refractivity contribution in [2.24, 2.45) is 0 Å². The van der Waals surface area contributed by atoms with E-state index in [1.54, 1.807) is 0 Å². The summed E-state index contributed by atoms with van der Waals surface area (Å²) >= 11 is 0. The number of nitrogens with zero attached hydrogens (tertiary/aromatic N) is 3. The van der Waals surface area contributed by atoms with Gasteiger partial charge in [0.25, 0.3) is 0 Å². The molecule has 0 amide bonds.